The molecule has 0 aliphatic carbocycles. The Labute approximate surface area is 126 Å². The summed E-state index contributed by atoms with van der Waals surface area (Å²) in [4.78, 5) is 4.87. The summed E-state index contributed by atoms with van der Waals surface area (Å²) in [5.41, 5.74) is 8.07. The maximum atomic E-state index is 5.90. The Morgan fingerprint density at radius 2 is 2.19 bits per heavy atom. The van der Waals surface area contributed by atoms with E-state index >= 15 is 0 Å². The molecule has 1 atom stereocenters. The summed E-state index contributed by atoms with van der Waals surface area (Å²) in [7, 11) is 4.42. The molecule has 0 spiro atoms. The van der Waals surface area contributed by atoms with Crippen molar-refractivity contribution < 1.29 is 4.42 Å². The van der Waals surface area contributed by atoms with Crippen molar-refractivity contribution in [1.82, 2.24) is 9.80 Å². The Hall–Kier alpha value is -1.36. The molecule has 1 aromatic heterocycles. The Balaban J connectivity index is 1.83. The molecule has 0 saturated carbocycles. The van der Waals surface area contributed by atoms with Crippen LogP contribution in [0.1, 0.15) is 24.2 Å². The van der Waals surface area contributed by atoms with Crippen LogP contribution in [0.15, 0.2) is 28.7 Å². The van der Waals surface area contributed by atoms with Crippen molar-refractivity contribution in [3.63, 3.8) is 0 Å². The first-order valence-corrected chi connectivity index (χ1v) is 7.77. The van der Waals surface area contributed by atoms with E-state index in [0.717, 1.165) is 24.4 Å². The van der Waals surface area contributed by atoms with Crippen molar-refractivity contribution >= 4 is 11.0 Å². The van der Waals surface area contributed by atoms with Crippen LogP contribution in [0.25, 0.3) is 11.0 Å². The van der Waals surface area contributed by atoms with Gasteiger partial charge < -0.3 is 15.1 Å². The Kier molecular flexibility index (Phi) is 4.29. The fourth-order valence-electron chi connectivity index (χ4n) is 3.37. The van der Waals surface area contributed by atoms with Gasteiger partial charge in [0.25, 0.3) is 0 Å². The number of hydrogen-bond donors (Lipinski definition) is 1. The molecule has 1 aliphatic heterocycles. The highest BCUT2D eigenvalue weighted by Gasteiger charge is 2.23. The smallest absolute Gasteiger partial charge is 0.134 e. The quantitative estimate of drug-likeness (QED) is 0.938. The molecule has 1 unspecified atom stereocenters. The van der Waals surface area contributed by atoms with Gasteiger partial charge in [-0.05, 0) is 39.5 Å². The zero-order valence-electron chi connectivity index (χ0n) is 13.0. The minimum atomic E-state index is 0.461. The summed E-state index contributed by atoms with van der Waals surface area (Å²) < 4.78 is 5.90. The van der Waals surface area contributed by atoms with Crippen LogP contribution in [0, 0.1) is 0 Å². The van der Waals surface area contributed by atoms with Gasteiger partial charge >= 0.3 is 0 Å². The molecule has 2 heterocycles. The molecular formula is C17H25N3O. The van der Waals surface area contributed by atoms with Crippen LogP contribution in [-0.4, -0.2) is 43.0 Å². The number of rotatable bonds is 4. The summed E-state index contributed by atoms with van der Waals surface area (Å²) in [6, 6.07) is 8.84. The highest BCUT2D eigenvalue weighted by molar-refractivity contribution is 5.82. The maximum absolute atomic E-state index is 5.90. The van der Waals surface area contributed by atoms with Crippen molar-refractivity contribution in [2.45, 2.75) is 32.0 Å². The zero-order valence-corrected chi connectivity index (χ0v) is 13.0. The third-order valence-corrected chi connectivity index (χ3v) is 4.60. The number of hydrogen-bond acceptors (Lipinski definition) is 4. The molecule has 2 aromatic rings. The van der Waals surface area contributed by atoms with Gasteiger partial charge in [0.2, 0.25) is 0 Å². The molecular weight excluding hydrogens is 262 g/mol. The lowest BCUT2D eigenvalue weighted by Gasteiger charge is -2.35. The van der Waals surface area contributed by atoms with E-state index in [1.54, 1.807) is 0 Å². The van der Waals surface area contributed by atoms with Crippen molar-refractivity contribution in [2.24, 2.45) is 5.73 Å². The Morgan fingerprint density at radius 1 is 1.38 bits per heavy atom. The number of furan rings is 1. The third kappa shape index (κ3) is 2.98. The van der Waals surface area contributed by atoms with E-state index in [1.165, 1.54) is 30.3 Å². The predicted octanol–water partition coefficient (Wildman–Crippen LogP) is 2.42. The number of benzene rings is 1. The number of nitrogens with zero attached hydrogens (tertiary/aromatic N) is 2. The number of nitrogens with two attached hydrogens (primary N) is 1. The molecule has 4 nitrogen and oxygen atoms in total. The first kappa shape index (κ1) is 14.6. The van der Waals surface area contributed by atoms with Gasteiger partial charge in [-0.15, -0.1) is 0 Å². The number of fused-ring (bicyclic) bond motifs is 1. The lowest BCUT2D eigenvalue weighted by atomic mass is 10.0. The fraction of sp³-hybridized carbons (Fsp3) is 0.529. The highest BCUT2D eigenvalue weighted by atomic mass is 16.3. The summed E-state index contributed by atoms with van der Waals surface area (Å²) in [6.45, 7) is 3.72. The summed E-state index contributed by atoms with van der Waals surface area (Å²) >= 11 is 0. The van der Waals surface area contributed by atoms with Crippen molar-refractivity contribution in [1.29, 1.82) is 0 Å². The van der Waals surface area contributed by atoms with E-state index in [0.29, 0.717) is 12.6 Å². The van der Waals surface area contributed by atoms with Crippen LogP contribution < -0.4 is 5.73 Å². The van der Waals surface area contributed by atoms with Gasteiger partial charge in [-0.3, -0.25) is 4.90 Å². The molecule has 21 heavy (non-hydrogen) atoms. The second kappa shape index (κ2) is 6.18. The van der Waals surface area contributed by atoms with Crippen molar-refractivity contribution in [3.8, 4) is 0 Å². The topological polar surface area (TPSA) is 45.6 Å². The highest BCUT2D eigenvalue weighted by Crippen LogP contribution is 2.27. The average molecular weight is 287 g/mol. The van der Waals surface area contributed by atoms with E-state index in [4.69, 9.17) is 10.2 Å². The third-order valence-electron chi connectivity index (χ3n) is 4.60. The van der Waals surface area contributed by atoms with Crippen molar-refractivity contribution in [2.75, 3.05) is 27.2 Å². The molecule has 1 aliphatic rings. The van der Waals surface area contributed by atoms with Crippen LogP contribution in [-0.2, 0) is 13.1 Å². The van der Waals surface area contributed by atoms with Gasteiger partial charge in [0.1, 0.15) is 11.3 Å². The van der Waals surface area contributed by atoms with Crippen LogP contribution in [0.3, 0.4) is 0 Å². The molecule has 0 bridgehead atoms. The summed E-state index contributed by atoms with van der Waals surface area (Å²) in [6.07, 6.45) is 2.55. The molecule has 1 fully saturated rings. The normalized spacial score (nSPS) is 20.5. The second-order valence-corrected chi connectivity index (χ2v) is 6.18. The first-order valence-electron chi connectivity index (χ1n) is 7.77. The minimum absolute atomic E-state index is 0.461. The van der Waals surface area contributed by atoms with E-state index in [9.17, 15) is 0 Å². The van der Waals surface area contributed by atoms with Gasteiger partial charge in [-0.2, -0.15) is 0 Å². The standard InChI is InChI=1S/C17H25N3O/c1-19-9-5-6-13(11-19)20(2)12-15-14-7-3-4-8-16(14)21-17(15)10-18/h3-4,7-8,13H,5-6,9-12,18H2,1-2H3. The first-order chi connectivity index (χ1) is 10.2. The number of likely N-dealkylation sites (N-methyl/N-ethyl adjacent to an activating group) is 2. The molecule has 1 aromatic carbocycles. The summed E-state index contributed by atoms with van der Waals surface area (Å²) in [5, 5.41) is 1.20. The molecule has 114 valence electrons. The van der Waals surface area contributed by atoms with E-state index in [-0.39, 0.29) is 0 Å². The number of piperidine rings is 1. The van der Waals surface area contributed by atoms with Gasteiger partial charge in [-0.25, -0.2) is 0 Å². The number of para-hydroxylation sites is 1. The molecule has 1 saturated heterocycles. The largest absolute Gasteiger partial charge is 0.459 e. The van der Waals surface area contributed by atoms with Gasteiger partial charge in [-0.1, -0.05) is 18.2 Å². The van der Waals surface area contributed by atoms with E-state index in [1.807, 2.05) is 12.1 Å². The zero-order chi connectivity index (χ0) is 14.8. The number of likely N-dealkylation sites (tertiary alicyclic amines) is 1. The lowest BCUT2D eigenvalue weighted by Crippen LogP contribution is -2.44. The van der Waals surface area contributed by atoms with E-state index in [2.05, 4.69) is 36.0 Å². The van der Waals surface area contributed by atoms with Crippen LogP contribution in [0.4, 0.5) is 0 Å². The maximum Gasteiger partial charge on any atom is 0.134 e. The molecule has 2 N–H and O–H groups in total. The van der Waals surface area contributed by atoms with Crippen molar-refractivity contribution in [3.05, 3.63) is 35.6 Å². The van der Waals surface area contributed by atoms with Gasteiger partial charge in [0.05, 0.1) is 6.54 Å². The molecule has 3 rings (SSSR count). The lowest BCUT2D eigenvalue weighted by molar-refractivity contribution is 0.129. The van der Waals surface area contributed by atoms with E-state index < -0.39 is 0 Å². The second-order valence-electron chi connectivity index (χ2n) is 6.18. The van der Waals surface area contributed by atoms with Crippen LogP contribution in [0.2, 0.25) is 0 Å². The van der Waals surface area contributed by atoms with Gasteiger partial charge in [0.15, 0.2) is 0 Å². The minimum Gasteiger partial charge on any atom is -0.459 e. The molecule has 4 heteroatoms. The van der Waals surface area contributed by atoms with Gasteiger partial charge in [0, 0.05) is 30.1 Å². The monoisotopic (exact) mass is 287 g/mol. The molecule has 0 radical (unpaired) electrons. The Morgan fingerprint density at radius 3 is 2.95 bits per heavy atom. The Bertz CT molecular complexity index is 607. The average Bonchev–Trinajstić information content (AvgIpc) is 2.85. The molecule has 0 amide bonds. The predicted molar refractivity (Wildman–Crippen MR) is 86.1 cm³/mol. The van der Waals surface area contributed by atoms with Crippen LogP contribution in [0.5, 0.6) is 0 Å². The fourth-order valence-corrected chi connectivity index (χ4v) is 3.37. The SMILES string of the molecule is CN1CCCC(N(C)Cc2c(CN)oc3ccccc23)C1. The summed E-state index contributed by atoms with van der Waals surface area (Å²) in [5.74, 6) is 0.923. The van der Waals surface area contributed by atoms with Crippen LogP contribution >= 0.6 is 0 Å².